The standard InChI is InChI=1S/C25H25ClN4O3S3/c1-2-33-23(32)21-17-6-4-3-5-7-19(17)36-22(21)27-20(31)12-13-34-24-28-29-25-30(24)18(14-35-25)15-8-10-16(26)11-9-15/h8-11,14H,2-7,12-13H2,1H3,(H,27,31). The molecule has 1 aromatic carbocycles. The Balaban J connectivity index is 1.27. The highest BCUT2D eigenvalue weighted by Gasteiger charge is 2.26. The van der Waals surface area contributed by atoms with Crippen molar-refractivity contribution in [3.05, 3.63) is 50.7 Å². The Morgan fingerprint density at radius 3 is 2.78 bits per heavy atom. The van der Waals surface area contributed by atoms with Crippen molar-refractivity contribution in [2.45, 2.75) is 50.6 Å². The summed E-state index contributed by atoms with van der Waals surface area (Å²) in [6, 6.07) is 7.65. The van der Waals surface area contributed by atoms with E-state index < -0.39 is 0 Å². The number of thiophene rings is 1. The molecule has 3 heterocycles. The number of carbonyl (C=O) groups excluding carboxylic acids is 2. The second-order valence-electron chi connectivity index (χ2n) is 8.36. The first kappa shape index (κ1) is 25.3. The first-order valence-electron chi connectivity index (χ1n) is 11.9. The van der Waals surface area contributed by atoms with Crippen LogP contribution in [0.3, 0.4) is 0 Å². The van der Waals surface area contributed by atoms with E-state index >= 15 is 0 Å². The molecule has 1 aliphatic carbocycles. The summed E-state index contributed by atoms with van der Waals surface area (Å²) in [5.41, 5.74) is 3.61. The van der Waals surface area contributed by atoms with Crippen LogP contribution in [0.2, 0.25) is 5.02 Å². The Hall–Kier alpha value is -2.40. The molecule has 1 aliphatic rings. The maximum absolute atomic E-state index is 12.9. The van der Waals surface area contributed by atoms with Gasteiger partial charge in [0.05, 0.1) is 17.9 Å². The van der Waals surface area contributed by atoms with Gasteiger partial charge in [-0.15, -0.1) is 32.9 Å². The number of aryl methyl sites for hydroxylation is 1. The number of hydrogen-bond acceptors (Lipinski definition) is 8. The van der Waals surface area contributed by atoms with Crippen molar-refractivity contribution < 1.29 is 14.3 Å². The van der Waals surface area contributed by atoms with Gasteiger partial charge in [-0.1, -0.05) is 41.9 Å². The van der Waals surface area contributed by atoms with Crippen LogP contribution < -0.4 is 5.32 Å². The first-order valence-corrected chi connectivity index (χ1v) is 14.9. The van der Waals surface area contributed by atoms with Crippen LogP contribution >= 0.6 is 46.0 Å². The van der Waals surface area contributed by atoms with Gasteiger partial charge < -0.3 is 10.1 Å². The molecular formula is C25H25ClN4O3S3. The van der Waals surface area contributed by atoms with Gasteiger partial charge in [0.1, 0.15) is 5.00 Å². The molecule has 0 unspecified atom stereocenters. The SMILES string of the molecule is CCOC(=O)c1c(NC(=O)CCSc2nnc3scc(-c4ccc(Cl)cc4)n23)sc2c1CCCCC2. The summed E-state index contributed by atoms with van der Waals surface area (Å²) in [4.78, 5) is 27.6. The monoisotopic (exact) mass is 560 g/mol. The topological polar surface area (TPSA) is 85.6 Å². The molecule has 7 nitrogen and oxygen atoms in total. The van der Waals surface area contributed by atoms with E-state index in [1.54, 1.807) is 6.92 Å². The molecule has 1 N–H and O–H groups in total. The Labute approximate surface area is 226 Å². The summed E-state index contributed by atoms with van der Waals surface area (Å²) in [5, 5.41) is 15.7. The lowest BCUT2D eigenvalue weighted by Gasteiger charge is -2.08. The molecule has 0 saturated heterocycles. The van der Waals surface area contributed by atoms with Crippen molar-refractivity contribution >= 4 is 67.9 Å². The van der Waals surface area contributed by atoms with E-state index in [1.807, 2.05) is 34.0 Å². The second kappa shape index (κ2) is 11.3. The normalized spacial score (nSPS) is 13.4. The summed E-state index contributed by atoms with van der Waals surface area (Å²) in [6.07, 6.45) is 5.39. The maximum atomic E-state index is 12.9. The van der Waals surface area contributed by atoms with Crippen LogP contribution in [0.1, 0.15) is 53.4 Å². The van der Waals surface area contributed by atoms with Gasteiger partial charge in [-0.3, -0.25) is 9.20 Å². The molecular weight excluding hydrogens is 536 g/mol. The largest absolute Gasteiger partial charge is 0.462 e. The van der Waals surface area contributed by atoms with Gasteiger partial charge in [0.15, 0.2) is 5.16 Å². The smallest absolute Gasteiger partial charge is 0.341 e. The van der Waals surface area contributed by atoms with E-state index in [2.05, 4.69) is 15.5 Å². The highest BCUT2D eigenvalue weighted by molar-refractivity contribution is 7.99. The van der Waals surface area contributed by atoms with Crippen LogP contribution in [0.15, 0.2) is 34.8 Å². The van der Waals surface area contributed by atoms with Gasteiger partial charge in [-0.05, 0) is 55.9 Å². The molecule has 0 saturated carbocycles. The van der Waals surface area contributed by atoms with Gasteiger partial charge in [0.2, 0.25) is 10.9 Å². The van der Waals surface area contributed by atoms with Crippen LogP contribution in [0.5, 0.6) is 0 Å². The lowest BCUT2D eigenvalue weighted by molar-refractivity contribution is -0.115. The number of rotatable bonds is 8. The highest BCUT2D eigenvalue weighted by atomic mass is 35.5. The van der Waals surface area contributed by atoms with Gasteiger partial charge in [-0.25, -0.2) is 4.79 Å². The van der Waals surface area contributed by atoms with E-state index in [0.29, 0.717) is 27.9 Å². The lowest BCUT2D eigenvalue weighted by atomic mass is 10.1. The molecule has 1 amide bonds. The zero-order valence-electron chi connectivity index (χ0n) is 19.7. The lowest BCUT2D eigenvalue weighted by Crippen LogP contribution is -2.15. The van der Waals surface area contributed by atoms with Crippen molar-refractivity contribution in [2.24, 2.45) is 0 Å². The molecule has 3 aromatic heterocycles. The Kier molecular flexibility index (Phi) is 7.95. The summed E-state index contributed by atoms with van der Waals surface area (Å²) in [6.45, 7) is 2.10. The molecule has 188 valence electrons. The van der Waals surface area contributed by atoms with Crippen LogP contribution in [0.4, 0.5) is 5.00 Å². The van der Waals surface area contributed by atoms with Crippen molar-refractivity contribution in [1.82, 2.24) is 14.6 Å². The molecule has 4 aromatic rings. The molecule has 0 atom stereocenters. The van der Waals surface area contributed by atoms with Crippen molar-refractivity contribution in [2.75, 3.05) is 17.7 Å². The van der Waals surface area contributed by atoms with E-state index in [0.717, 1.165) is 59.0 Å². The predicted octanol–water partition coefficient (Wildman–Crippen LogP) is 6.74. The van der Waals surface area contributed by atoms with Crippen molar-refractivity contribution in [3.63, 3.8) is 0 Å². The van der Waals surface area contributed by atoms with E-state index in [4.69, 9.17) is 16.3 Å². The number of nitrogens with one attached hydrogen (secondary N) is 1. The molecule has 36 heavy (non-hydrogen) atoms. The number of aromatic nitrogens is 3. The third-order valence-corrected chi connectivity index (χ3v) is 9.18. The molecule has 0 fully saturated rings. The summed E-state index contributed by atoms with van der Waals surface area (Å²) >= 11 is 10.6. The average molecular weight is 561 g/mol. The van der Waals surface area contributed by atoms with Crippen LogP contribution in [0, 0.1) is 0 Å². The first-order chi connectivity index (χ1) is 17.5. The van der Waals surface area contributed by atoms with Gasteiger partial charge >= 0.3 is 5.97 Å². The fourth-order valence-electron chi connectivity index (χ4n) is 4.29. The Morgan fingerprint density at radius 1 is 1.17 bits per heavy atom. The number of thiazole rings is 1. The summed E-state index contributed by atoms with van der Waals surface area (Å²) < 4.78 is 7.33. The number of anilines is 1. The molecule has 0 radical (unpaired) electrons. The number of amides is 1. The van der Waals surface area contributed by atoms with E-state index in [1.165, 1.54) is 39.3 Å². The minimum Gasteiger partial charge on any atom is -0.462 e. The van der Waals surface area contributed by atoms with E-state index in [9.17, 15) is 9.59 Å². The number of fused-ring (bicyclic) bond motifs is 2. The van der Waals surface area contributed by atoms with Crippen molar-refractivity contribution in [3.8, 4) is 11.3 Å². The number of esters is 1. The number of nitrogens with zero attached hydrogens (tertiary/aromatic N) is 3. The number of halogens is 1. The molecule has 0 bridgehead atoms. The fourth-order valence-corrected chi connectivity index (χ4v) is 7.48. The van der Waals surface area contributed by atoms with Crippen LogP contribution in [-0.4, -0.2) is 38.8 Å². The Bertz CT molecular complexity index is 1390. The second-order valence-corrected chi connectivity index (χ2v) is 11.8. The number of hydrogen-bond donors (Lipinski definition) is 1. The minimum absolute atomic E-state index is 0.131. The maximum Gasteiger partial charge on any atom is 0.341 e. The summed E-state index contributed by atoms with van der Waals surface area (Å²) in [5.74, 6) is 0.0515. The van der Waals surface area contributed by atoms with Crippen LogP contribution in [0.25, 0.3) is 16.2 Å². The fraction of sp³-hybridized carbons (Fsp3) is 0.360. The van der Waals surface area contributed by atoms with Crippen molar-refractivity contribution in [1.29, 1.82) is 0 Å². The van der Waals surface area contributed by atoms with E-state index in [-0.39, 0.29) is 18.3 Å². The molecule has 5 rings (SSSR count). The predicted molar refractivity (Wildman–Crippen MR) is 147 cm³/mol. The molecule has 11 heteroatoms. The number of ether oxygens (including phenoxy) is 1. The number of carbonyl (C=O) groups is 2. The van der Waals surface area contributed by atoms with Crippen LogP contribution in [-0.2, 0) is 22.4 Å². The quantitative estimate of drug-likeness (QED) is 0.146. The third kappa shape index (κ3) is 5.32. The molecule has 0 aliphatic heterocycles. The summed E-state index contributed by atoms with van der Waals surface area (Å²) in [7, 11) is 0. The zero-order chi connectivity index (χ0) is 25.1. The number of benzene rings is 1. The molecule has 0 spiro atoms. The van der Waals surface area contributed by atoms with Gasteiger partial charge in [-0.2, -0.15) is 0 Å². The number of thioether (sulfide) groups is 1. The highest BCUT2D eigenvalue weighted by Crippen LogP contribution is 2.38. The minimum atomic E-state index is -0.348. The van der Waals surface area contributed by atoms with Gasteiger partial charge in [0.25, 0.3) is 0 Å². The Morgan fingerprint density at radius 2 is 1.97 bits per heavy atom. The van der Waals surface area contributed by atoms with Gasteiger partial charge in [0, 0.05) is 27.5 Å². The third-order valence-electron chi connectivity index (χ3n) is 5.97. The average Bonchev–Trinajstić information content (AvgIpc) is 3.50. The zero-order valence-corrected chi connectivity index (χ0v) is 22.9.